The van der Waals surface area contributed by atoms with Crippen LogP contribution in [0.1, 0.15) is 15.9 Å². The molecule has 0 bridgehead atoms. The van der Waals surface area contributed by atoms with Crippen molar-refractivity contribution < 1.29 is 22.9 Å². The van der Waals surface area contributed by atoms with E-state index in [1.807, 2.05) is 0 Å². The number of carbonyl (C=O) groups is 1. The zero-order valence-electron chi connectivity index (χ0n) is 11.2. The summed E-state index contributed by atoms with van der Waals surface area (Å²) in [4.78, 5) is 22.2. The van der Waals surface area contributed by atoms with Crippen molar-refractivity contribution in [3.63, 3.8) is 0 Å². The zero-order valence-corrected chi connectivity index (χ0v) is 12.0. The maximum absolute atomic E-state index is 12.8. The lowest BCUT2D eigenvalue weighted by molar-refractivity contribution is -0.385. The van der Waals surface area contributed by atoms with Crippen LogP contribution in [0.2, 0.25) is 5.02 Å². The lowest BCUT2D eigenvalue weighted by atomic mass is 10.1. The predicted octanol–water partition coefficient (Wildman–Crippen LogP) is 4.52. The standard InChI is InChI=1S/C14H8ClF3N2O3/c15-11-6-5-8(7-10(11)14(16,17)18)19-13(21)9-3-1-2-4-12(9)20(22)23/h1-7H,(H,19,21). The number of alkyl halides is 3. The number of halogens is 4. The Kier molecular flexibility index (Phi) is 4.55. The van der Waals surface area contributed by atoms with Crippen molar-refractivity contribution in [3.05, 3.63) is 68.7 Å². The number of hydrogen-bond donors (Lipinski definition) is 1. The van der Waals surface area contributed by atoms with Gasteiger partial charge in [-0.3, -0.25) is 14.9 Å². The van der Waals surface area contributed by atoms with E-state index >= 15 is 0 Å². The number of hydrogen-bond acceptors (Lipinski definition) is 3. The van der Waals surface area contributed by atoms with E-state index in [0.717, 1.165) is 12.1 Å². The van der Waals surface area contributed by atoms with Crippen LogP contribution in [0.25, 0.3) is 0 Å². The van der Waals surface area contributed by atoms with Crippen LogP contribution in [0.15, 0.2) is 42.5 Å². The van der Waals surface area contributed by atoms with Crippen LogP contribution in [0, 0.1) is 10.1 Å². The van der Waals surface area contributed by atoms with Crippen molar-refractivity contribution in [1.82, 2.24) is 0 Å². The van der Waals surface area contributed by atoms with Crippen LogP contribution in [0.3, 0.4) is 0 Å². The van der Waals surface area contributed by atoms with Gasteiger partial charge in [-0.25, -0.2) is 0 Å². The van der Waals surface area contributed by atoms with Crippen LogP contribution in [-0.2, 0) is 6.18 Å². The second kappa shape index (κ2) is 6.25. The summed E-state index contributed by atoms with van der Waals surface area (Å²) >= 11 is 5.48. The maximum Gasteiger partial charge on any atom is 0.417 e. The molecule has 0 aliphatic rings. The molecule has 120 valence electrons. The predicted molar refractivity (Wildman–Crippen MR) is 77.5 cm³/mol. The minimum atomic E-state index is -4.68. The Morgan fingerprint density at radius 1 is 1.17 bits per heavy atom. The quantitative estimate of drug-likeness (QED) is 0.657. The molecule has 0 aliphatic carbocycles. The highest BCUT2D eigenvalue weighted by molar-refractivity contribution is 6.31. The van der Waals surface area contributed by atoms with E-state index in [4.69, 9.17) is 11.6 Å². The second-order valence-electron chi connectivity index (χ2n) is 4.42. The van der Waals surface area contributed by atoms with Crippen LogP contribution in [0.5, 0.6) is 0 Å². The molecule has 0 atom stereocenters. The number of nitrogens with zero attached hydrogens (tertiary/aromatic N) is 1. The van der Waals surface area contributed by atoms with Gasteiger partial charge in [-0.1, -0.05) is 23.7 Å². The zero-order chi connectivity index (χ0) is 17.2. The summed E-state index contributed by atoms with van der Waals surface area (Å²) in [5.74, 6) is -0.896. The molecule has 2 rings (SSSR count). The van der Waals surface area contributed by atoms with Crippen molar-refractivity contribution in [1.29, 1.82) is 0 Å². The van der Waals surface area contributed by atoms with Crippen molar-refractivity contribution in [3.8, 4) is 0 Å². The van der Waals surface area contributed by atoms with Gasteiger partial charge in [0.05, 0.1) is 15.5 Å². The fourth-order valence-corrected chi connectivity index (χ4v) is 2.07. The fraction of sp³-hybridized carbons (Fsp3) is 0.0714. The molecule has 0 radical (unpaired) electrons. The Balaban J connectivity index is 2.34. The highest BCUT2D eigenvalue weighted by Crippen LogP contribution is 2.36. The van der Waals surface area contributed by atoms with Gasteiger partial charge in [0.2, 0.25) is 0 Å². The molecule has 9 heteroatoms. The molecule has 0 heterocycles. The summed E-state index contributed by atoms with van der Waals surface area (Å²) in [5, 5.41) is 12.5. The van der Waals surface area contributed by atoms with E-state index in [0.29, 0.717) is 6.07 Å². The number of nitro benzene ring substituents is 1. The van der Waals surface area contributed by atoms with Crippen molar-refractivity contribution in [2.24, 2.45) is 0 Å². The largest absolute Gasteiger partial charge is 0.417 e. The first-order chi connectivity index (χ1) is 10.7. The topological polar surface area (TPSA) is 72.2 Å². The Labute approximate surface area is 132 Å². The van der Waals surface area contributed by atoms with E-state index in [1.54, 1.807) is 0 Å². The lowest BCUT2D eigenvalue weighted by Crippen LogP contribution is -2.15. The van der Waals surface area contributed by atoms with Crippen LogP contribution in [-0.4, -0.2) is 10.8 Å². The Morgan fingerprint density at radius 3 is 2.43 bits per heavy atom. The molecule has 0 unspecified atom stereocenters. The van der Waals surface area contributed by atoms with E-state index in [2.05, 4.69) is 5.32 Å². The highest BCUT2D eigenvalue weighted by Gasteiger charge is 2.33. The molecule has 0 spiro atoms. The molecule has 2 aromatic carbocycles. The first-order valence-corrected chi connectivity index (χ1v) is 6.49. The summed E-state index contributed by atoms with van der Waals surface area (Å²) in [6.07, 6.45) is -4.68. The molecule has 0 saturated heterocycles. The average molecular weight is 345 g/mol. The molecular weight excluding hydrogens is 337 g/mol. The van der Waals surface area contributed by atoms with Gasteiger partial charge in [0, 0.05) is 11.8 Å². The average Bonchev–Trinajstić information content (AvgIpc) is 2.48. The minimum Gasteiger partial charge on any atom is -0.322 e. The summed E-state index contributed by atoms with van der Waals surface area (Å²) < 4.78 is 38.3. The smallest absolute Gasteiger partial charge is 0.322 e. The van der Waals surface area contributed by atoms with E-state index in [9.17, 15) is 28.1 Å². The molecule has 23 heavy (non-hydrogen) atoms. The third-order valence-electron chi connectivity index (χ3n) is 2.88. The summed E-state index contributed by atoms with van der Waals surface area (Å²) in [6.45, 7) is 0. The fourth-order valence-electron chi connectivity index (χ4n) is 1.84. The summed E-state index contributed by atoms with van der Waals surface area (Å²) in [5.41, 5.74) is -2.00. The number of rotatable bonds is 3. The van der Waals surface area contributed by atoms with Crippen molar-refractivity contribution in [2.45, 2.75) is 6.18 Å². The summed E-state index contributed by atoms with van der Waals surface area (Å²) in [6, 6.07) is 7.93. The van der Waals surface area contributed by atoms with Crippen LogP contribution in [0.4, 0.5) is 24.5 Å². The number of carbonyl (C=O) groups excluding carboxylic acids is 1. The molecule has 0 aromatic heterocycles. The molecule has 1 N–H and O–H groups in total. The first kappa shape index (κ1) is 16.8. The highest BCUT2D eigenvalue weighted by atomic mass is 35.5. The van der Waals surface area contributed by atoms with Crippen molar-refractivity contribution >= 4 is 28.9 Å². The van der Waals surface area contributed by atoms with Gasteiger partial charge < -0.3 is 5.32 Å². The van der Waals surface area contributed by atoms with Crippen molar-refractivity contribution in [2.75, 3.05) is 5.32 Å². The van der Waals surface area contributed by atoms with Gasteiger partial charge in [0.15, 0.2) is 0 Å². The van der Waals surface area contributed by atoms with Gasteiger partial charge >= 0.3 is 6.18 Å². The normalized spacial score (nSPS) is 11.1. The number of benzene rings is 2. The Morgan fingerprint density at radius 2 is 1.83 bits per heavy atom. The molecule has 0 fully saturated rings. The Hall–Kier alpha value is -2.61. The molecule has 0 saturated carbocycles. The molecule has 0 aliphatic heterocycles. The van der Waals surface area contributed by atoms with Gasteiger partial charge in [-0.2, -0.15) is 13.2 Å². The van der Waals surface area contributed by atoms with E-state index < -0.39 is 33.3 Å². The van der Waals surface area contributed by atoms with Gasteiger partial charge in [0.1, 0.15) is 5.56 Å². The molecule has 2 aromatic rings. The maximum atomic E-state index is 12.8. The SMILES string of the molecule is O=C(Nc1ccc(Cl)c(C(F)(F)F)c1)c1ccccc1[N+](=O)[O-]. The third-order valence-corrected chi connectivity index (χ3v) is 3.20. The molecule has 1 amide bonds. The van der Waals surface area contributed by atoms with Crippen LogP contribution >= 0.6 is 11.6 Å². The van der Waals surface area contributed by atoms with Crippen LogP contribution < -0.4 is 5.32 Å². The number of anilines is 1. The lowest BCUT2D eigenvalue weighted by Gasteiger charge is -2.11. The van der Waals surface area contributed by atoms with E-state index in [-0.39, 0.29) is 11.3 Å². The van der Waals surface area contributed by atoms with Gasteiger partial charge in [-0.15, -0.1) is 0 Å². The van der Waals surface area contributed by atoms with Gasteiger partial charge in [-0.05, 0) is 24.3 Å². The van der Waals surface area contributed by atoms with Gasteiger partial charge in [0.25, 0.3) is 11.6 Å². The third kappa shape index (κ3) is 3.78. The summed E-state index contributed by atoms with van der Waals surface area (Å²) in [7, 11) is 0. The number of amides is 1. The Bertz CT molecular complexity index is 778. The minimum absolute atomic E-state index is 0.176. The number of nitro groups is 1. The molecular formula is C14H8ClF3N2O3. The number of para-hydroxylation sites is 1. The monoisotopic (exact) mass is 344 g/mol. The molecule has 5 nitrogen and oxygen atoms in total. The first-order valence-electron chi connectivity index (χ1n) is 6.11. The number of nitrogens with one attached hydrogen (secondary N) is 1. The van der Waals surface area contributed by atoms with E-state index in [1.165, 1.54) is 24.3 Å². The second-order valence-corrected chi connectivity index (χ2v) is 4.83.